The summed E-state index contributed by atoms with van der Waals surface area (Å²) >= 11 is 2.37. The molecule has 1 heterocycles. The van der Waals surface area contributed by atoms with E-state index in [-0.39, 0.29) is 0 Å². The predicted octanol–water partition coefficient (Wildman–Crippen LogP) is 2.48. The number of rotatable bonds is 3. The first-order chi connectivity index (χ1) is 8.33. The van der Waals surface area contributed by atoms with Gasteiger partial charge in [0, 0.05) is 35.8 Å². The SMILES string of the molecule is Ic1ccc(CN2CCNCC2C2CC2)cc1. The van der Waals surface area contributed by atoms with Gasteiger partial charge in [-0.3, -0.25) is 4.90 Å². The minimum absolute atomic E-state index is 0.781. The number of halogens is 1. The van der Waals surface area contributed by atoms with Gasteiger partial charge in [-0.15, -0.1) is 0 Å². The molecule has 1 N–H and O–H groups in total. The summed E-state index contributed by atoms with van der Waals surface area (Å²) in [5.41, 5.74) is 1.46. The maximum Gasteiger partial charge on any atom is 0.0252 e. The van der Waals surface area contributed by atoms with E-state index in [0.29, 0.717) is 0 Å². The number of nitrogens with one attached hydrogen (secondary N) is 1. The highest BCUT2D eigenvalue weighted by molar-refractivity contribution is 14.1. The van der Waals surface area contributed by atoms with E-state index in [0.717, 1.165) is 25.0 Å². The summed E-state index contributed by atoms with van der Waals surface area (Å²) in [5, 5.41) is 3.54. The Labute approximate surface area is 117 Å². The van der Waals surface area contributed by atoms with E-state index in [1.165, 1.54) is 35.1 Å². The third-order valence-corrected chi connectivity index (χ3v) is 4.58. The van der Waals surface area contributed by atoms with Gasteiger partial charge in [-0.1, -0.05) is 12.1 Å². The molecule has 1 aromatic carbocycles. The van der Waals surface area contributed by atoms with Gasteiger partial charge in [-0.25, -0.2) is 0 Å². The Balaban J connectivity index is 1.67. The van der Waals surface area contributed by atoms with Gasteiger partial charge in [0.2, 0.25) is 0 Å². The van der Waals surface area contributed by atoms with Crippen LogP contribution in [0.5, 0.6) is 0 Å². The van der Waals surface area contributed by atoms with Gasteiger partial charge in [0.25, 0.3) is 0 Å². The Bertz CT molecular complexity index is 372. The second-order valence-corrected chi connectivity index (χ2v) is 6.45. The lowest BCUT2D eigenvalue weighted by Crippen LogP contribution is -2.51. The zero-order chi connectivity index (χ0) is 11.7. The number of hydrogen-bond acceptors (Lipinski definition) is 2. The maximum absolute atomic E-state index is 3.54. The molecule has 1 aromatic rings. The van der Waals surface area contributed by atoms with Gasteiger partial charge in [-0.05, 0) is 59.0 Å². The van der Waals surface area contributed by atoms with Crippen molar-refractivity contribution in [1.29, 1.82) is 0 Å². The Morgan fingerprint density at radius 1 is 1.24 bits per heavy atom. The molecule has 92 valence electrons. The van der Waals surface area contributed by atoms with Gasteiger partial charge in [-0.2, -0.15) is 0 Å². The van der Waals surface area contributed by atoms with Crippen LogP contribution < -0.4 is 5.32 Å². The normalized spacial score (nSPS) is 26.1. The van der Waals surface area contributed by atoms with Crippen molar-refractivity contribution in [2.24, 2.45) is 5.92 Å². The summed E-state index contributed by atoms with van der Waals surface area (Å²) in [7, 11) is 0. The minimum Gasteiger partial charge on any atom is -0.314 e. The molecule has 3 heteroatoms. The van der Waals surface area contributed by atoms with Crippen LogP contribution in [0.15, 0.2) is 24.3 Å². The Morgan fingerprint density at radius 2 is 2.00 bits per heavy atom. The van der Waals surface area contributed by atoms with Crippen LogP contribution in [0.3, 0.4) is 0 Å². The lowest BCUT2D eigenvalue weighted by Gasteiger charge is -2.36. The van der Waals surface area contributed by atoms with Crippen LogP contribution in [0.4, 0.5) is 0 Å². The summed E-state index contributed by atoms with van der Waals surface area (Å²) in [4.78, 5) is 2.68. The molecule has 2 fully saturated rings. The van der Waals surface area contributed by atoms with Crippen molar-refractivity contribution in [2.75, 3.05) is 19.6 Å². The quantitative estimate of drug-likeness (QED) is 0.849. The smallest absolute Gasteiger partial charge is 0.0252 e. The highest BCUT2D eigenvalue weighted by Crippen LogP contribution is 2.36. The topological polar surface area (TPSA) is 15.3 Å². The molecule has 17 heavy (non-hydrogen) atoms. The Morgan fingerprint density at radius 3 is 2.71 bits per heavy atom. The third-order valence-electron chi connectivity index (χ3n) is 3.86. The number of piperazine rings is 1. The summed E-state index contributed by atoms with van der Waals surface area (Å²) in [6, 6.07) is 9.75. The van der Waals surface area contributed by atoms with Crippen LogP contribution in [0.1, 0.15) is 18.4 Å². The minimum atomic E-state index is 0.781. The molecule has 0 bridgehead atoms. The van der Waals surface area contributed by atoms with E-state index >= 15 is 0 Å². The van der Waals surface area contributed by atoms with Crippen molar-refractivity contribution in [3.05, 3.63) is 33.4 Å². The van der Waals surface area contributed by atoms with Crippen molar-refractivity contribution in [3.63, 3.8) is 0 Å². The molecular weight excluding hydrogens is 323 g/mol. The van der Waals surface area contributed by atoms with Crippen molar-refractivity contribution in [1.82, 2.24) is 10.2 Å². The second kappa shape index (κ2) is 5.24. The van der Waals surface area contributed by atoms with Crippen LogP contribution in [0.25, 0.3) is 0 Å². The van der Waals surface area contributed by atoms with E-state index in [9.17, 15) is 0 Å². The van der Waals surface area contributed by atoms with Gasteiger partial charge in [0.1, 0.15) is 0 Å². The van der Waals surface area contributed by atoms with Crippen LogP contribution in [0.2, 0.25) is 0 Å². The molecule has 2 aliphatic rings. The fraction of sp³-hybridized carbons (Fsp3) is 0.571. The molecule has 0 radical (unpaired) electrons. The molecule has 2 nitrogen and oxygen atoms in total. The van der Waals surface area contributed by atoms with E-state index in [1.54, 1.807) is 0 Å². The highest BCUT2D eigenvalue weighted by atomic mass is 127. The van der Waals surface area contributed by atoms with E-state index in [4.69, 9.17) is 0 Å². The highest BCUT2D eigenvalue weighted by Gasteiger charge is 2.36. The van der Waals surface area contributed by atoms with Gasteiger partial charge in [0.05, 0.1) is 0 Å². The van der Waals surface area contributed by atoms with Gasteiger partial charge < -0.3 is 5.32 Å². The van der Waals surface area contributed by atoms with E-state index in [1.807, 2.05) is 0 Å². The molecule has 1 unspecified atom stereocenters. The van der Waals surface area contributed by atoms with Crippen LogP contribution in [-0.2, 0) is 6.54 Å². The average molecular weight is 342 g/mol. The first kappa shape index (κ1) is 11.9. The molecule has 1 saturated heterocycles. The molecule has 1 aliphatic carbocycles. The fourth-order valence-electron chi connectivity index (χ4n) is 2.73. The summed E-state index contributed by atoms with van der Waals surface area (Å²) in [5.74, 6) is 0.964. The Hall–Kier alpha value is -0.130. The van der Waals surface area contributed by atoms with Crippen LogP contribution >= 0.6 is 22.6 Å². The molecule has 1 aliphatic heterocycles. The molecular formula is C14H19IN2. The number of benzene rings is 1. The van der Waals surface area contributed by atoms with Gasteiger partial charge in [0.15, 0.2) is 0 Å². The third kappa shape index (κ3) is 3.01. The zero-order valence-corrected chi connectivity index (χ0v) is 12.2. The molecule has 0 aromatic heterocycles. The lowest BCUT2D eigenvalue weighted by molar-refractivity contribution is 0.135. The fourth-order valence-corrected chi connectivity index (χ4v) is 3.09. The molecule has 1 atom stereocenters. The molecule has 1 saturated carbocycles. The first-order valence-electron chi connectivity index (χ1n) is 6.52. The first-order valence-corrected chi connectivity index (χ1v) is 7.60. The van der Waals surface area contributed by atoms with E-state index in [2.05, 4.69) is 57.1 Å². The standard InChI is InChI=1S/C14H19IN2/c15-13-5-1-11(2-6-13)10-17-8-7-16-9-14(17)12-3-4-12/h1-2,5-6,12,14,16H,3-4,7-10H2. The van der Waals surface area contributed by atoms with Crippen LogP contribution in [-0.4, -0.2) is 30.6 Å². The predicted molar refractivity (Wildman–Crippen MR) is 79.0 cm³/mol. The maximum atomic E-state index is 3.54. The lowest BCUT2D eigenvalue weighted by atomic mass is 10.1. The number of nitrogens with zero attached hydrogens (tertiary/aromatic N) is 1. The van der Waals surface area contributed by atoms with Crippen molar-refractivity contribution in [3.8, 4) is 0 Å². The Kier molecular flexibility index (Phi) is 3.68. The van der Waals surface area contributed by atoms with E-state index < -0.39 is 0 Å². The van der Waals surface area contributed by atoms with Gasteiger partial charge >= 0.3 is 0 Å². The molecule has 0 amide bonds. The summed E-state index contributed by atoms with van der Waals surface area (Å²) in [6.45, 7) is 4.66. The molecule has 3 rings (SSSR count). The van der Waals surface area contributed by atoms with Crippen molar-refractivity contribution < 1.29 is 0 Å². The monoisotopic (exact) mass is 342 g/mol. The molecule has 0 spiro atoms. The number of hydrogen-bond donors (Lipinski definition) is 1. The largest absolute Gasteiger partial charge is 0.314 e. The average Bonchev–Trinajstić information content (AvgIpc) is 3.17. The zero-order valence-electron chi connectivity index (χ0n) is 10.0. The summed E-state index contributed by atoms with van der Waals surface area (Å²) in [6.07, 6.45) is 2.88. The second-order valence-electron chi connectivity index (χ2n) is 5.21. The van der Waals surface area contributed by atoms with Crippen molar-refractivity contribution in [2.45, 2.75) is 25.4 Å². The van der Waals surface area contributed by atoms with Crippen molar-refractivity contribution >= 4 is 22.6 Å². The van der Waals surface area contributed by atoms with Crippen LogP contribution in [0, 0.1) is 9.49 Å². The summed E-state index contributed by atoms with van der Waals surface area (Å²) < 4.78 is 1.32.